The van der Waals surface area contributed by atoms with Crippen LogP contribution >= 0.6 is 11.3 Å². The number of hydrogen-bond donors (Lipinski definition) is 2. The SMILES string of the molecule is O=C(N=Nc1c(O)[nH]c2ccc([N+](=O)[O-])cc12)c1cc(-c2cccs2)nc2ccccc12. The number of aromatic hydroxyl groups is 1. The molecule has 156 valence electrons. The van der Waals surface area contributed by atoms with Crippen molar-refractivity contribution in [2.75, 3.05) is 0 Å². The number of aromatic amines is 1. The number of nitro groups is 1. The van der Waals surface area contributed by atoms with E-state index in [4.69, 9.17) is 0 Å². The lowest BCUT2D eigenvalue weighted by Crippen LogP contribution is -1.98. The number of carbonyl (C=O) groups is 1. The molecule has 10 heteroatoms. The third kappa shape index (κ3) is 3.38. The van der Waals surface area contributed by atoms with E-state index in [1.54, 1.807) is 18.2 Å². The van der Waals surface area contributed by atoms with Gasteiger partial charge in [-0.25, -0.2) is 4.98 Å². The molecular formula is C22H13N5O4S. The van der Waals surface area contributed by atoms with Crippen LogP contribution in [-0.4, -0.2) is 25.9 Å². The number of non-ortho nitro benzene ring substituents is 1. The fourth-order valence-corrected chi connectivity index (χ4v) is 4.10. The zero-order valence-corrected chi connectivity index (χ0v) is 17.0. The monoisotopic (exact) mass is 443 g/mol. The number of pyridine rings is 1. The van der Waals surface area contributed by atoms with Crippen LogP contribution in [0.25, 0.3) is 32.4 Å². The second-order valence-electron chi connectivity index (χ2n) is 6.86. The molecule has 0 aliphatic rings. The van der Waals surface area contributed by atoms with Gasteiger partial charge in [0.15, 0.2) is 5.69 Å². The summed E-state index contributed by atoms with van der Waals surface area (Å²) in [5, 5.41) is 31.8. The van der Waals surface area contributed by atoms with E-state index in [-0.39, 0.29) is 22.6 Å². The molecule has 3 aromatic heterocycles. The predicted octanol–water partition coefficient (Wildman–Crippen LogP) is 5.98. The van der Waals surface area contributed by atoms with Gasteiger partial charge in [-0.3, -0.25) is 14.9 Å². The summed E-state index contributed by atoms with van der Waals surface area (Å²) in [5.41, 5.74) is 1.82. The number of nitro benzene ring substituents is 1. The molecular weight excluding hydrogens is 430 g/mol. The molecule has 2 N–H and O–H groups in total. The lowest BCUT2D eigenvalue weighted by atomic mass is 10.1. The van der Waals surface area contributed by atoms with Crippen LogP contribution in [0.15, 0.2) is 76.3 Å². The number of nitrogens with one attached hydrogen (secondary N) is 1. The van der Waals surface area contributed by atoms with Crippen LogP contribution in [0, 0.1) is 10.1 Å². The molecule has 0 saturated carbocycles. The molecule has 32 heavy (non-hydrogen) atoms. The first-order valence-electron chi connectivity index (χ1n) is 9.40. The summed E-state index contributed by atoms with van der Waals surface area (Å²) >= 11 is 1.50. The van der Waals surface area contributed by atoms with Crippen LogP contribution < -0.4 is 0 Å². The van der Waals surface area contributed by atoms with Crippen molar-refractivity contribution < 1.29 is 14.8 Å². The first-order valence-corrected chi connectivity index (χ1v) is 10.3. The van der Waals surface area contributed by atoms with E-state index in [1.807, 2.05) is 29.6 Å². The van der Waals surface area contributed by atoms with E-state index >= 15 is 0 Å². The number of fused-ring (bicyclic) bond motifs is 2. The van der Waals surface area contributed by atoms with Gasteiger partial charge in [0, 0.05) is 22.9 Å². The molecule has 5 aromatic rings. The molecule has 0 spiro atoms. The van der Waals surface area contributed by atoms with E-state index in [0.717, 1.165) is 4.88 Å². The van der Waals surface area contributed by atoms with Gasteiger partial charge in [0.1, 0.15) is 0 Å². The van der Waals surface area contributed by atoms with E-state index in [0.29, 0.717) is 27.7 Å². The van der Waals surface area contributed by atoms with Crippen molar-refractivity contribution in [3.8, 4) is 16.5 Å². The van der Waals surface area contributed by atoms with Crippen molar-refractivity contribution in [3.05, 3.63) is 81.7 Å². The standard InChI is InChI=1S/C22H13N5O4S/c28-21(26-25-20-15-10-12(27(30)31)7-8-17(15)24-22(20)29)14-11-18(19-6-3-9-32-19)23-16-5-2-1-4-13(14)16/h1-11,24,29H. The summed E-state index contributed by atoms with van der Waals surface area (Å²) in [6.07, 6.45) is 0. The molecule has 0 aliphatic heterocycles. The van der Waals surface area contributed by atoms with E-state index in [9.17, 15) is 20.0 Å². The summed E-state index contributed by atoms with van der Waals surface area (Å²) in [4.78, 5) is 31.8. The maximum atomic E-state index is 13.0. The number of rotatable bonds is 4. The lowest BCUT2D eigenvalue weighted by Gasteiger charge is -2.05. The van der Waals surface area contributed by atoms with Crippen molar-refractivity contribution in [3.63, 3.8) is 0 Å². The Morgan fingerprint density at radius 1 is 1.09 bits per heavy atom. The number of aromatic nitrogens is 2. The topological polar surface area (TPSA) is 134 Å². The van der Waals surface area contributed by atoms with Gasteiger partial charge in [-0.1, -0.05) is 24.3 Å². The zero-order chi connectivity index (χ0) is 22.2. The molecule has 2 aromatic carbocycles. The van der Waals surface area contributed by atoms with Gasteiger partial charge < -0.3 is 10.1 Å². The van der Waals surface area contributed by atoms with Crippen molar-refractivity contribution in [1.29, 1.82) is 0 Å². The van der Waals surface area contributed by atoms with Gasteiger partial charge in [0.2, 0.25) is 5.88 Å². The lowest BCUT2D eigenvalue weighted by molar-refractivity contribution is -0.384. The van der Waals surface area contributed by atoms with Gasteiger partial charge in [-0.2, -0.15) is 0 Å². The smallest absolute Gasteiger partial charge is 0.296 e. The number of azo groups is 1. The number of nitrogens with zero attached hydrogens (tertiary/aromatic N) is 4. The van der Waals surface area contributed by atoms with Gasteiger partial charge in [0.05, 0.1) is 32.1 Å². The largest absolute Gasteiger partial charge is 0.493 e. The molecule has 0 aliphatic carbocycles. The summed E-state index contributed by atoms with van der Waals surface area (Å²) in [6.45, 7) is 0. The minimum atomic E-state index is -0.624. The molecule has 0 fully saturated rings. The number of hydrogen-bond acceptors (Lipinski definition) is 7. The van der Waals surface area contributed by atoms with Crippen LogP contribution in [0.3, 0.4) is 0 Å². The Balaban J connectivity index is 1.59. The maximum Gasteiger partial charge on any atom is 0.296 e. The summed E-state index contributed by atoms with van der Waals surface area (Å²) in [7, 11) is 0. The van der Waals surface area contributed by atoms with Crippen molar-refractivity contribution in [1.82, 2.24) is 9.97 Å². The quantitative estimate of drug-likeness (QED) is 0.200. The number of para-hydroxylation sites is 1. The fraction of sp³-hybridized carbons (Fsp3) is 0. The van der Waals surface area contributed by atoms with E-state index in [2.05, 4.69) is 20.2 Å². The van der Waals surface area contributed by atoms with Gasteiger partial charge in [-0.05, 0) is 29.6 Å². The van der Waals surface area contributed by atoms with Crippen LogP contribution in [0.1, 0.15) is 10.4 Å². The molecule has 5 rings (SSSR count). The number of benzene rings is 2. The van der Waals surface area contributed by atoms with Crippen molar-refractivity contribution >= 4 is 50.4 Å². The summed E-state index contributed by atoms with van der Waals surface area (Å²) < 4.78 is 0. The highest BCUT2D eigenvalue weighted by molar-refractivity contribution is 7.13. The molecule has 0 bridgehead atoms. The predicted molar refractivity (Wildman–Crippen MR) is 121 cm³/mol. The molecule has 3 heterocycles. The van der Waals surface area contributed by atoms with Crippen molar-refractivity contribution in [2.45, 2.75) is 0 Å². The van der Waals surface area contributed by atoms with Crippen LogP contribution in [0.4, 0.5) is 11.4 Å². The first-order chi connectivity index (χ1) is 15.5. The maximum absolute atomic E-state index is 13.0. The second-order valence-corrected chi connectivity index (χ2v) is 7.81. The average molecular weight is 443 g/mol. The average Bonchev–Trinajstić information content (AvgIpc) is 3.44. The highest BCUT2D eigenvalue weighted by atomic mass is 32.1. The van der Waals surface area contributed by atoms with Gasteiger partial charge in [-0.15, -0.1) is 21.6 Å². The second kappa shape index (κ2) is 7.67. The minimum absolute atomic E-state index is 0.0473. The highest BCUT2D eigenvalue weighted by Gasteiger charge is 2.17. The van der Waals surface area contributed by atoms with Crippen LogP contribution in [0.5, 0.6) is 5.88 Å². The number of carbonyl (C=O) groups excluding carboxylic acids is 1. The number of thiophene rings is 1. The molecule has 0 unspecified atom stereocenters. The highest BCUT2D eigenvalue weighted by Crippen LogP contribution is 2.37. The molecule has 0 saturated heterocycles. The Kier molecular flexibility index (Phi) is 4.68. The Bertz CT molecular complexity index is 1540. The number of amides is 1. The first kappa shape index (κ1) is 19.5. The van der Waals surface area contributed by atoms with Gasteiger partial charge >= 0.3 is 0 Å². The summed E-state index contributed by atoms with van der Waals surface area (Å²) in [6, 6.07) is 16.7. The van der Waals surface area contributed by atoms with Crippen LogP contribution in [-0.2, 0) is 0 Å². The molecule has 1 amide bonds. The van der Waals surface area contributed by atoms with Crippen molar-refractivity contribution in [2.24, 2.45) is 10.2 Å². The fourth-order valence-electron chi connectivity index (χ4n) is 3.42. The minimum Gasteiger partial charge on any atom is -0.493 e. The Hall–Kier alpha value is -4.44. The van der Waals surface area contributed by atoms with E-state index < -0.39 is 10.8 Å². The Morgan fingerprint density at radius 2 is 1.94 bits per heavy atom. The zero-order valence-electron chi connectivity index (χ0n) is 16.2. The molecule has 9 nitrogen and oxygen atoms in total. The van der Waals surface area contributed by atoms with Crippen LogP contribution in [0.2, 0.25) is 0 Å². The number of H-pyrrole nitrogens is 1. The molecule has 0 atom stereocenters. The molecule has 0 radical (unpaired) electrons. The van der Waals surface area contributed by atoms with Gasteiger partial charge in [0.25, 0.3) is 11.6 Å². The third-order valence-corrected chi connectivity index (χ3v) is 5.80. The van der Waals surface area contributed by atoms with E-state index in [1.165, 1.54) is 29.5 Å². The Labute approximate surface area is 183 Å². The summed E-state index contributed by atoms with van der Waals surface area (Å²) in [5.74, 6) is -0.962. The Morgan fingerprint density at radius 3 is 2.72 bits per heavy atom. The normalized spacial score (nSPS) is 11.5. The third-order valence-electron chi connectivity index (χ3n) is 4.91.